The summed E-state index contributed by atoms with van der Waals surface area (Å²) in [6, 6.07) is 16.8. The monoisotopic (exact) mass is 457 g/mol. The van der Waals surface area contributed by atoms with Gasteiger partial charge < -0.3 is 4.90 Å². The molecule has 1 saturated heterocycles. The molecule has 0 N–H and O–H groups in total. The van der Waals surface area contributed by atoms with Crippen LogP contribution in [0.15, 0.2) is 60.8 Å². The van der Waals surface area contributed by atoms with E-state index in [1.165, 1.54) is 0 Å². The average molecular weight is 458 g/mol. The quantitative estimate of drug-likeness (QED) is 0.564. The molecule has 3 aromatic rings. The molecule has 8 heteroatoms. The zero-order valence-electron chi connectivity index (χ0n) is 17.2. The number of hydrogen-bond acceptors (Lipinski definition) is 4. The molecule has 2 heterocycles. The van der Waals surface area contributed by atoms with Crippen LogP contribution in [0.1, 0.15) is 18.9 Å². The molecule has 2 aromatic carbocycles. The number of carbonyl (C=O) groups excluding carboxylic acids is 1. The van der Waals surface area contributed by atoms with E-state index in [0.29, 0.717) is 23.7 Å². The van der Waals surface area contributed by atoms with Crippen LogP contribution < -0.4 is 0 Å². The normalized spacial score (nSPS) is 17.5. The molecular weight excluding hydrogens is 434 g/mol. The van der Waals surface area contributed by atoms with Crippen LogP contribution in [0.3, 0.4) is 0 Å². The summed E-state index contributed by atoms with van der Waals surface area (Å²) in [6.45, 7) is 2.36. The van der Waals surface area contributed by atoms with Gasteiger partial charge in [-0.05, 0) is 37.6 Å². The second-order valence-corrected chi connectivity index (χ2v) is 10.4. The van der Waals surface area contributed by atoms with E-state index < -0.39 is 9.84 Å². The number of para-hydroxylation sites is 1. The first-order valence-corrected chi connectivity index (χ1v) is 12.5. The van der Waals surface area contributed by atoms with Gasteiger partial charge >= 0.3 is 0 Å². The van der Waals surface area contributed by atoms with Gasteiger partial charge in [-0.15, -0.1) is 0 Å². The summed E-state index contributed by atoms with van der Waals surface area (Å²) in [5, 5.41) is 5.37. The third-order valence-electron chi connectivity index (χ3n) is 5.58. The molecule has 0 radical (unpaired) electrons. The lowest BCUT2D eigenvalue weighted by Crippen LogP contribution is -2.41. The summed E-state index contributed by atoms with van der Waals surface area (Å²) in [7, 11) is -3.07. The standard InChI is InChI=1S/C23H24ClN3O3S/c1-2-26(21-12-13-31(29,30)16-21)22(28)14-18-15-27(20-6-4-3-5-7-20)25-23(18)17-8-10-19(24)11-9-17/h3-11,15,21H,2,12-14,16H2,1H3. The molecule has 1 unspecified atom stereocenters. The minimum Gasteiger partial charge on any atom is -0.339 e. The van der Waals surface area contributed by atoms with Crippen LogP contribution in [0.25, 0.3) is 16.9 Å². The first-order valence-electron chi connectivity index (χ1n) is 10.3. The number of carbonyl (C=O) groups is 1. The largest absolute Gasteiger partial charge is 0.339 e. The molecule has 1 fully saturated rings. The predicted molar refractivity (Wildman–Crippen MR) is 122 cm³/mol. The van der Waals surface area contributed by atoms with Crippen LogP contribution in [0, 0.1) is 0 Å². The Labute approximate surface area is 187 Å². The van der Waals surface area contributed by atoms with E-state index >= 15 is 0 Å². The fraction of sp³-hybridized carbons (Fsp3) is 0.304. The topological polar surface area (TPSA) is 72.3 Å². The molecule has 0 saturated carbocycles. The zero-order valence-corrected chi connectivity index (χ0v) is 18.8. The lowest BCUT2D eigenvalue weighted by atomic mass is 10.0. The molecule has 0 aliphatic carbocycles. The van der Waals surface area contributed by atoms with E-state index in [-0.39, 0.29) is 29.9 Å². The molecule has 1 aromatic heterocycles. The number of likely N-dealkylation sites (N-methyl/N-ethyl adjacent to an activating group) is 1. The van der Waals surface area contributed by atoms with Gasteiger partial charge in [0.25, 0.3) is 0 Å². The maximum absolute atomic E-state index is 13.2. The molecule has 0 spiro atoms. The van der Waals surface area contributed by atoms with Crippen molar-refractivity contribution in [2.24, 2.45) is 0 Å². The number of amides is 1. The van der Waals surface area contributed by atoms with E-state index in [1.807, 2.05) is 55.6 Å². The zero-order chi connectivity index (χ0) is 22.0. The number of nitrogens with zero attached hydrogens (tertiary/aromatic N) is 3. The van der Waals surface area contributed by atoms with Crippen molar-refractivity contribution in [3.63, 3.8) is 0 Å². The van der Waals surface area contributed by atoms with Crippen molar-refractivity contribution in [2.75, 3.05) is 18.1 Å². The summed E-state index contributed by atoms with van der Waals surface area (Å²) in [4.78, 5) is 14.9. The van der Waals surface area contributed by atoms with Crippen LogP contribution in [-0.2, 0) is 21.1 Å². The molecule has 31 heavy (non-hydrogen) atoms. The molecule has 162 valence electrons. The Balaban J connectivity index is 1.66. The predicted octanol–water partition coefficient (Wildman–Crippen LogP) is 3.77. The van der Waals surface area contributed by atoms with Gasteiger partial charge in [0.2, 0.25) is 5.91 Å². The lowest BCUT2D eigenvalue weighted by Gasteiger charge is -2.26. The Kier molecular flexibility index (Phi) is 6.16. The SMILES string of the molecule is CCN(C(=O)Cc1cn(-c2ccccc2)nc1-c1ccc(Cl)cc1)C1CCS(=O)(=O)C1. The molecule has 1 aliphatic rings. The summed E-state index contributed by atoms with van der Waals surface area (Å²) >= 11 is 6.04. The van der Waals surface area contributed by atoms with Gasteiger partial charge in [-0.1, -0.05) is 41.9 Å². The van der Waals surface area contributed by atoms with Gasteiger partial charge in [-0.2, -0.15) is 5.10 Å². The number of hydrogen-bond donors (Lipinski definition) is 0. The van der Waals surface area contributed by atoms with Gasteiger partial charge in [0.1, 0.15) is 0 Å². The van der Waals surface area contributed by atoms with Crippen molar-refractivity contribution in [1.82, 2.24) is 14.7 Å². The van der Waals surface area contributed by atoms with Crippen molar-refractivity contribution in [3.05, 3.63) is 71.4 Å². The van der Waals surface area contributed by atoms with Crippen molar-refractivity contribution in [3.8, 4) is 16.9 Å². The third-order valence-corrected chi connectivity index (χ3v) is 7.58. The van der Waals surface area contributed by atoms with Crippen LogP contribution >= 0.6 is 11.6 Å². The smallest absolute Gasteiger partial charge is 0.227 e. The van der Waals surface area contributed by atoms with Crippen LogP contribution in [0.5, 0.6) is 0 Å². The van der Waals surface area contributed by atoms with Crippen LogP contribution in [0.2, 0.25) is 5.02 Å². The second kappa shape index (κ2) is 8.85. The maximum Gasteiger partial charge on any atom is 0.227 e. The summed E-state index contributed by atoms with van der Waals surface area (Å²) < 4.78 is 25.6. The third kappa shape index (κ3) is 4.83. The Morgan fingerprint density at radius 3 is 2.48 bits per heavy atom. The number of halogens is 1. The van der Waals surface area contributed by atoms with E-state index in [1.54, 1.807) is 21.7 Å². The van der Waals surface area contributed by atoms with Gasteiger partial charge in [0.15, 0.2) is 9.84 Å². The first-order chi connectivity index (χ1) is 14.9. The minimum atomic E-state index is -3.07. The highest BCUT2D eigenvalue weighted by atomic mass is 35.5. The molecular formula is C23H24ClN3O3S. The number of aromatic nitrogens is 2. The van der Waals surface area contributed by atoms with E-state index in [4.69, 9.17) is 16.7 Å². The Morgan fingerprint density at radius 1 is 1.16 bits per heavy atom. The lowest BCUT2D eigenvalue weighted by molar-refractivity contribution is -0.132. The molecule has 0 bridgehead atoms. The highest BCUT2D eigenvalue weighted by Crippen LogP contribution is 2.27. The van der Waals surface area contributed by atoms with Crippen molar-refractivity contribution >= 4 is 27.3 Å². The summed E-state index contributed by atoms with van der Waals surface area (Å²) in [6.07, 6.45) is 2.51. The Morgan fingerprint density at radius 2 is 1.87 bits per heavy atom. The second-order valence-electron chi connectivity index (χ2n) is 7.70. The van der Waals surface area contributed by atoms with Gasteiger partial charge in [0, 0.05) is 34.9 Å². The fourth-order valence-electron chi connectivity index (χ4n) is 4.03. The van der Waals surface area contributed by atoms with Gasteiger partial charge in [-0.3, -0.25) is 4.79 Å². The van der Waals surface area contributed by atoms with Crippen LogP contribution in [0.4, 0.5) is 0 Å². The Hall–Kier alpha value is -2.64. The highest BCUT2D eigenvalue weighted by Gasteiger charge is 2.34. The van der Waals surface area contributed by atoms with E-state index in [0.717, 1.165) is 16.8 Å². The molecule has 1 aliphatic heterocycles. The number of sulfone groups is 1. The highest BCUT2D eigenvalue weighted by molar-refractivity contribution is 7.91. The average Bonchev–Trinajstić information content (AvgIpc) is 3.33. The fourth-order valence-corrected chi connectivity index (χ4v) is 5.88. The van der Waals surface area contributed by atoms with Crippen molar-refractivity contribution in [1.29, 1.82) is 0 Å². The molecule has 4 rings (SSSR count). The van der Waals surface area contributed by atoms with E-state index in [9.17, 15) is 13.2 Å². The van der Waals surface area contributed by atoms with E-state index in [2.05, 4.69) is 0 Å². The Bertz CT molecular complexity index is 1170. The molecule has 1 amide bonds. The first kappa shape index (κ1) is 21.6. The number of benzene rings is 2. The molecule has 1 atom stereocenters. The minimum absolute atomic E-state index is 0.0416. The number of rotatable bonds is 6. The maximum atomic E-state index is 13.2. The van der Waals surface area contributed by atoms with Crippen LogP contribution in [-0.4, -0.2) is 53.1 Å². The molecule has 6 nitrogen and oxygen atoms in total. The van der Waals surface area contributed by atoms with Crippen molar-refractivity contribution < 1.29 is 13.2 Å². The van der Waals surface area contributed by atoms with Gasteiger partial charge in [-0.25, -0.2) is 13.1 Å². The van der Waals surface area contributed by atoms with Gasteiger partial charge in [0.05, 0.1) is 29.3 Å². The van der Waals surface area contributed by atoms with Crippen molar-refractivity contribution in [2.45, 2.75) is 25.8 Å². The summed E-state index contributed by atoms with van der Waals surface area (Å²) in [5.41, 5.74) is 3.26. The summed E-state index contributed by atoms with van der Waals surface area (Å²) in [5.74, 6) is 0.0935.